The Bertz CT molecular complexity index is 765. The lowest BCUT2D eigenvalue weighted by Crippen LogP contribution is -2.52. The summed E-state index contributed by atoms with van der Waals surface area (Å²) >= 11 is 0. The van der Waals surface area contributed by atoms with E-state index in [0.717, 1.165) is 50.5 Å². The molecule has 2 aromatic rings. The number of piperazine rings is 1. The van der Waals surface area contributed by atoms with E-state index in [2.05, 4.69) is 33.8 Å². The molecule has 1 atom stereocenters. The Morgan fingerprint density at radius 1 is 1.07 bits per heavy atom. The molecule has 28 heavy (non-hydrogen) atoms. The second-order valence-electron chi connectivity index (χ2n) is 7.12. The first-order chi connectivity index (χ1) is 13.8. The van der Waals surface area contributed by atoms with Crippen molar-refractivity contribution in [2.45, 2.75) is 25.9 Å². The number of hydrogen-bond donors (Lipinski definition) is 1. The van der Waals surface area contributed by atoms with Crippen LogP contribution >= 0.6 is 0 Å². The Morgan fingerprint density at radius 3 is 2.57 bits per heavy atom. The van der Waals surface area contributed by atoms with Crippen molar-refractivity contribution in [2.75, 3.05) is 39.4 Å². The van der Waals surface area contributed by atoms with Gasteiger partial charge < -0.3 is 9.84 Å². The van der Waals surface area contributed by atoms with E-state index in [1.807, 2.05) is 49.4 Å². The average Bonchev–Trinajstić information content (AvgIpc) is 2.72. The third-order valence-electron chi connectivity index (χ3n) is 5.08. The minimum Gasteiger partial charge on any atom is -0.494 e. The van der Waals surface area contributed by atoms with E-state index in [4.69, 9.17) is 4.74 Å². The average molecular weight is 379 g/mol. The van der Waals surface area contributed by atoms with Gasteiger partial charge in [0, 0.05) is 44.4 Å². The zero-order chi connectivity index (χ0) is 19.6. The first-order valence-corrected chi connectivity index (χ1v) is 10.1. The monoisotopic (exact) mass is 378 g/mol. The molecule has 0 aromatic heterocycles. The summed E-state index contributed by atoms with van der Waals surface area (Å²) in [5.41, 5.74) is 2.34. The van der Waals surface area contributed by atoms with Crippen LogP contribution in [0.5, 0.6) is 5.75 Å². The van der Waals surface area contributed by atoms with Crippen LogP contribution in [0.4, 0.5) is 0 Å². The van der Waals surface area contributed by atoms with E-state index in [1.54, 1.807) is 0 Å². The fourth-order valence-electron chi connectivity index (χ4n) is 3.60. The molecule has 4 heteroatoms. The van der Waals surface area contributed by atoms with Crippen molar-refractivity contribution in [1.29, 1.82) is 0 Å². The number of nitrogens with zero attached hydrogens (tertiary/aromatic N) is 2. The number of benzene rings is 2. The highest BCUT2D eigenvalue weighted by atomic mass is 16.5. The lowest BCUT2D eigenvalue weighted by molar-refractivity contribution is 0.0605. The lowest BCUT2D eigenvalue weighted by Gasteiger charge is -2.40. The van der Waals surface area contributed by atoms with Gasteiger partial charge in [0.05, 0.1) is 13.2 Å². The maximum Gasteiger partial charge on any atom is 0.119 e. The van der Waals surface area contributed by atoms with Gasteiger partial charge in [0.1, 0.15) is 5.75 Å². The molecule has 2 aromatic carbocycles. The van der Waals surface area contributed by atoms with Gasteiger partial charge in [-0.25, -0.2) is 0 Å². The molecular formula is C24H30N2O2. The first kappa shape index (κ1) is 20.4. The van der Waals surface area contributed by atoms with Gasteiger partial charge in [-0.15, -0.1) is 0 Å². The maximum atomic E-state index is 9.52. The van der Waals surface area contributed by atoms with Crippen LogP contribution in [0.3, 0.4) is 0 Å². The molecule has 0 bridgehead atoms. The van der Waals surface area contributed by atoms with Crippen LogP contribution in [0.1, 0.15) is 24.5 Å². The number of rotatable bonds is 7. The first-order valence-electron chi connectivity index (χ1n) is 10.1. The molecule has 1 aliphatic rings. The second-order valence-corrected chi connectivity index (χ2v) is 7.12. The molecule has 0 saturated carbocycles. The summed E-state index contributed by atoms with van der Waals surface area (Å²) in [6.45, 7) is 7.51. The number of ether oxygens (including phenoxy) is 1. The molecule has 1 aliphatic heterocycles. The maximum absolute atomic E-state index is 9.52. The van der Waals surface area contributed by atoms with Gasteiger partial charge in [-0.05, 0) is 43.2 Å². The van der Waals surface area contributed by atoms with E-state index < -0.39 is 0 Å². The predicted molar refractivity (Wildman–Crippen MR) is 113 cm³/mol. The van der Waals surface area contributed by atoms with Crippen LogP contribution in [0, 0.1) is 11.8 Å². The van der Waals surface area contributed by atoms with Gasteiger partial charge in [0.2, 0.25) is 0 Å². The van der Waals surface area contributed by atoms with Crippen molar-refractivity contribution in [1.82, 2.24) is 9.80 Å². The molecule has 0 unspecified atom stereocenters. The SMILES string of the molecule is CCOc1ccc(CN2CCN(CC#Cc3ccccc3)C[C@@H]2CCO)cc1. The molecule has 1 heterocycles. The quantitative estimate of drug-likeness (QED) is 0.752. The number of aliphatic hydroxyl groups is 1. The topological polar surface area (TPSA) is 35.9 Å². The third kappa shape index (κ3) is 6.10. The Hall–Kier alpha value is -2.32. The molecule has 1 N–H and O–H groups in total. The third-order valence-corrected chi connectivity index (χ3v) is 5.08. The molecule has 0 spiro atoms. The van der Waals surface area contributed by atoms with E-state index in [-0.39, 0.29) is 6.61 Å². The van der Waals surface area contributed by atoms with Crippen molar-refractivity contribution in [3.8, 4) is 17.6 Å². The molecular weight excluding hydrogens is 348 g/mol. The highest BCUT2D eigenvalue weighted by Crippen LogP contribution is 2.18. The summed E-state index contributed by atoms with van der Waals surface area (Å²) < 4.78 is 5.53. The Balaban J connectivity index is 1.55. The molecule has 1 saturated heterocycles. The Kier molecular flexibility index (Phi) is 7.93. The smallest absolute Gasteiger partial charge is 0.119 e. The van der Waals surface area contributed by atoms with E-state index in [1.165, 1.54) is 5.56 Å². The highest BCUT2D eigenvalue weighted by molar-refractivity contribution is 5.33. The van der Waals surface area contributed by atoms with Crippen LogP contribution in [0.15, 0.2) is 54.6 Å². The highest BCUT2D eigenvalue weighted by Gasteiger charge is 2.26. The van der Waals surface area contributed by atoms with Crippen molar-refractivity contribution in [3.05, 3.63) is 65.7 Å². The standard InChI is InChI=1S/C24H30N2O2/c1-2-28-24-12-10-22(11-13-24)19-26-17-16-25(20-23(26)14-18-27)15-6-9-21-7-4-3-5-8-21/h3-5,7-8,10-13,23,27H,2,14-20H2,1H3/t23-/m0/s1. The molecule has 0 amide bonds. The zero-order valence-electron chi connectivity index (χ0n) is 16.7. The zero-order valence-corrected chi connectivity index (χ0v) is 16.7. The molecule has 0 aliphatic carbocycles. The van der Waals surface area contributed by atoms with Crippen molar-refractivity contribution >= 4 is 0 Å². The fraction of sp³-hybridized carbons (Fsp3) is 0.417. The fourth-order valence-corrected chi connectivity index (χ4v) is 3.60. The summed E-state index contributed by atoms with van der Waals surface area (Å²) in [6, 6.07) is 18.8. The van der Waals surface area contributed by atoms with Crippen LogP contribution in [-0.4, -0.2) is 60.3 Å². The minimum absolute atomic E-state index is 0.216. The molecule has 3 rings (SSSR count). The van der Waals surface area contributed by atoms with Gasteiger partial charge in [-0.1, -0.05) is 42.2 Å². The van der Waals surface area contributed by atoms with Crippen molar-refractivity contribution in [3.63, 3.8) is 0 Å². The van der Waals surface area contributed by atoms with E-state index in [0.29, 0.717) is 12.6 Å². The Labute approximate surface area is 168 Å². The normalized spacial score (nSPS) is 17.7. The van der Waals surface area contributed by atoms with Crippen molar-refractivity contribution < 1.29 is 9.84 Å². The van der Waals surface area contributed by atoms with E-state index in [9.17, 15) is 5.11 Å². The van der Waals surface area contributed by atoms with Gasteiger partial charge >= 0.3 is 0 Å². The molecule has 148 valence electrons. The summed E-state index contributed by atoms with van der Waals surface area (Å²) in [5.74, 6) is 7.45. The predicted octanol–water partition coefficient (Wildman–Crippen LogP) is 3.01. The van der Waals surface area contributed by atoms with Crippen LogP contribution in [-0.2, 0) is 6.54 Å². The van der Waals surface area contributed by atoms with Gasteiger partial charge in [0.25, 0.3) is 0 Å². The molecule has 4 nitrogen and oxygen atoms in total. The number of hydrogen-bond acceptors (Lipinski definition) is 4. The van der Waals surface area contributed by atoms with Crippen LogP contribution in [0.2, 0.25) is 0 Å². The molecule has 0 radical (unpaired) electrons. The van der Waals surface area contributed by atoms with Crippen molar-refractivity contribution in [2.24, 2.45) is 0 Å². The summed E-state index contributed by atoms with van der Waals surface area (Å²) in [6.07, 6.45) is 0.791. The van der Waals surface area contributed by atoms with Crippen LogP contribution < -0.4 is 4.74 Å². The minimum atomic E-state index is 0.216. The van der Waals surface area contributed by atoms with Gasteiger partial charge in [0.15, 0.2) is 0 Å². The summed E-state index contributed by atoms with van der Waals surface area (Å²) in [5, 5.41) is 9.52. The van der Waals surface area contributed by atoms with Gasteiger partial charge in [-0.2, -0.15) is 0 Å². The lowest BCUT2D eigenvalue weighted by atomic mass is 10.1. The van der Waals surface area contributed by atoms with E-state index >= 15 is 0 Å². The van der Waals surface area contributed by atoms with Crippen LogP contribution in [0.25, 0.3) is 0 Å². The summed E-state index contributed by atoms with van der Waals surface area (Å²) in [4.78, 5) is 4.87. The molecule has 1 fully saturated rings. The number of aliphatic hydroxyl groups excluding tert-OH is 1. The second kappa shape index (κ2) is 10.9. The summed E-state index contributed by atoms with van der Waals surface area (Å²) in [7, 11) is 0. The Morgan fingerprint density at radius 2 is 1.86 bits per heavy atom. The largest absolute Gasteiger partial charge is 0.494 e. The van der Waals surface area contributed by atoms with Gasteiger partial charge in [-0.3, -0.25) is 9.80 Å².